The molecule has 0 unspecified atom stereocenters. The number of rotatable bonds is 4. The summed E-state index contributed by atoms with van der Waals surface area (Å²) in [6.07, 6.45) is 3.12. The molecule has 1 aromatic heterocycles. The molecule has 17 heavy (non-hydrogen) atoms. The fourth-order valence-electron chi connectivity index (χ4n) is 1.32. The predicted octanol–water partition coefficient (Wildman–Crippen LogP) is 1.84. The smallest absolute Gasteiger partial charge is 0.159 e. The normalized spacial score (nSPS) is 10.2. The van der Waals surface area contributed by atoms with Gasteiger partial charge in [0.2, 0.25) is 0 Å². The van der Waals surface area contributed by atoms with E-state index in [0.717, 1.165) is 0 Å². The van der Waals surface area contributed by atoms with Crippen LogP contribution in [-0.2, 0) is 0 Å². The lowest BCUT2D eigenvalue weighted by Gasteiger charge is -2.05. The number of nitrogens with zero attached hydrogens (tertiary/aromatic N) is 2. The molecule has 0 radical (unpaired) electrons. The number of ether oxygens (including phenoxy) is 1. The highest BCUT2D eigenvalue weighted by Crippen LogP contribution is 2.17. The van der Waals surface area contributed by atoms with Crippen LogP contribution >= 0.6 is 0 Å². The zero-order chi connectivity index (χ0) is 12.1. The summed E-state index contributed by atoms with van der Waals surface area (Å²) in [6, 6.07) is 6.16. The van der Waals surface area contributed by atoms with Gasteiger partial charge in [-0.2, -0.15) is 0 Å². The van der Waals surface area contributed by atoms with E-state index in [0.29, 0.717) is 23.9 Å². The lowest BCUT2D eigenvalue weighted by Crippen LogP contribution is -2.14. The molecule has 0 amide bonds. The third-order valence-electron chi connectivity index (χ3n) is 2.09. The summed E-state index contributed by atoms with van der Waals surface area (Å²) in [5, 5.41) is 2.84. The maximum Gasteiger partial charge on any atom is 0.159 e. The number of nitrogens with one attached hydrogen (secondary N) is 1. The first kappa shape index (κ1) is 11.5. The summed E-state index contributed by atoms with van der Waals surface area (Å²) in [6.45, 7) is 0.392. The van der Waals surface area contributed by atoms with Crippen LogP contribution in [0.25, 0.3) is 11.4 Å². The molecule has 0 aliphatic rings. The second-order valence-corrected chi connectivity index (χ2v) is 3.39. The third kappa shape index (κ3) is 2.98. The van der Waals surface area contributed by atoms with Gasteiger partial charge < -0.3 is 4.74 Å². The van der Waals surface area contributed by atoms with Crippen LogP contribution in [0.4, 0.5) is 4.39 Å². The van der Waals surface area contributed by atoms with E-state index in [9.17, 15) is 4.39 Å². The highest BCUT2D eigenvalue weighted by Gasteiger charge is 2.02. The Balaban J connectivity index is 2.17. The van der Waals surface area contributed by atoms with E-state index >= 15 is 0 Å². The minimum Gasteiger partial charge on any atom is -0.475 e. The minimum absolute atomic E-state index is 0.304. The lowest BCUT2D eigenvalue weighted by atomic mass is 10.2. The molecule has 0 fully saturated rings. The largest absolute Gasteiger partial charge is 0.475 e. The number of halogens is 1. The first-order chi connectivity index (χ1) is 8.29. The van der Waals surface area contributed by atoms with Gasteiger partial charge in [-0.25, -0.2) is 14.4 Å². The molecule has 2 aromatic rings. The average molecular weight is 233 g/mol. The Morgan fingerprint density at radius 1 is 1.29 bits per heavy atom. The fourth-order valence-corrected chi connectivity index (χ4v) is 1.32. The first-order valence-corrected chi connectivity index (χ1v) is 5.15. The number of hydrogen-bond donors (Lipinski definition) is 1. The van der Waals surface area contributed by atoms with Crippen LogP contribution in [0.1, 0.15) is 0 Å². The molecule has 0 saturated carbocycles. The van der Waals surface area contributed by atoms with Gasteiger partial charge >= 0.3 is 0 Å². The molecule has 0 aliphatic heterocycles. The Hall–Kier alpha value is -2.01. The van der Waals surface area contributed by atoms with Crippen LogP contribution < -0.4 is 10.1 Å². The molecule has 4 nitrogen and oxygen atoms in total. The quantitative estimate of drug-likeness (QED) is 0.818. The van der Waals surface area contributed by atoms with Gasteiger partial charge in [0.25, 0.3) is 0 Å². The number of hydrogen-bond acceptors (Lipinski definition) is 4. The van der Waals surface area contributed by atoms with Crippen molar-refractivity contribution in [1.82, 2.24) is 15.3 Å². The van der Waals surface area contributed by atoms with Crippen LogP contribution in [0, 0.1) is 5.82 Å². The summed E-state index contributed by atoms with van der Waals surface area (Å²) in [5.74, 6) is 0.738. The molecule has 0 atom stereocenters. The van der Waals surface area contributed by atoms with Crippen molar-refractivity contribution in [2.24, 2.45) is 0 Å². The van der Waals surface area contributed by atoms with Crippen molar-refractivity contribution in [1.29, 1.82) is 0 Å². The Bertz CT molecular complexity index is 487. The second kappa shape index (κ2) is 5.36. The molecule has 1 aromatic carbocycles. The van der Waals surface area contributed by atoms with Crippen molar-refractivity contribution in [2.45, 2.75) is 0 Å². The number of benzene rings is 1. The predicted molar refractivity (Wildman–Crippen MR) is 62.0 cm³/mol. The van der Waals surface area contributed by atoms with Gasteiger partial charge in [0.15, 0.2) is 11.6 Å². The Morgan fingerprint density at radius 3 is 2.71 bits per heavy atom. The molecule has 0 aliphatic carbocycles. The molecule has 5 heteroatoms. The molecular weight excluding hydrogens is 221 g/mol. The van der Waals surface area contributed by atoms with E-state index < -0.39 is 0 Å². The Kier molecular flexibility index (Phi) is 3.62. The van der Waals surface area contributed by atoms with Gasteiger partial charge in [-0.1, -0.05) is 12.1 Å². The van der Waals surface area contributed by atoms with Crippen LogP contribution in [0.2, 0.25) is 0 Å². The van der Waals surface area contributed by atoms with Crippen LogP contribution in [0.5, 0.6) is 5.75 Å². The monoisotopic (exact) mass is 233 g/mol. The maximum atomic E-state index is 13.0. The van der Waals surface area contributed by atoms with Crippen LogP contribution in [0.15, 0.2) is 36.7 Å². The summed E-state index contributed by atoms with van der Waals surface area (Å²) in [5.41, 5.74) is 0.644. The SMILES string of the molecule is CNCOc1cnc(-c2cccc(F)c2)nc1. The summed E-state index contributed by atoms with van der Waals surface area (Å²) >= 11 is 0. The highest BCUT2D eigenvalue weighted by molar-refractivity contribution is 5.54. The molecule has 0 saturated heterocycles. The van der Waals surface area contributed by atoms with Gasteiger partial charge in [-0.05, 0) is 19.2 Å². The summed E-state index contributed by atoms with van der Waals surface area (Å²) < 4.78 is 18.3. The van der Waals surface area contributed by atoms with E-state index in [-0.39, 0.29) is 5.82 Å². The van der Waals surface area contributed by atoms with Gasteiger partial charge in [0, 0.05) is 5.56 Å². The van der Waals surface area contributed by atoms with Crippen molar-refractivity contribution >= 4 is 0 Å². The van der Waals surface area contributed by atoms with Gasteiger partial charge in [-0.3, -0.25) is 5.32 Å². The van der Waals surface area contributed by atoms with E-state index in [1.54, 1.807) is 31.6 Å². The van der Waals surface area contributed by atoms with Crippen LogP contribution in [0.3, 0.4) is 0 Å². The fraction of sp³-hybridized carbons (Fsp3) is 0.167. The van der Waals surface area contributed by atoms with Crippen molar-refractivity contribution in [3.63, 3.8) is 0 Å². The minimum atomic E-state index is -0.304. The molecule has 0 bridgehead atoms. The first-order valence-electron chi connectivity index (χ1n) is 5.15. The van der Waals surface area contributed by atoms with Gasteiger partial charge in [-0.15, -0.1) is 0 Å². The van der Waals surface area contributed by atoms with Crippen LogP contribution in [-0.4, -0.2) is 23.7 Å². The molecule has 1 N–H and O–H groups in total. The number of aromatic nitrogens is 2. The molecule has 2 rings (SSSR count). The summed E-state index contributed by atoms with van der Waals surface area (Å²) in [4.78, 5) is 8.22. The average Bonchev–Trinajstić information content (AvgIpc) is 2.37. The second-order valence-electron chi connectivity index (χ2n) is 3.39. The van der Waals surface area contributed by atoms with E-state index in [1.165, 1.54) is 12.1 Å². The third-order valence-corrected chi connectivity index (χ3v) is 2.09. The molecule has 0 spiro atoms. The zero-order valence-corrected chi connectivity index (χ0v) is 9.35. The van der Waals surface area contributed by atoms with Gasteiger partial charge in [0.05, 0.1) is 12.4 Å². The van der Waals surface area contributed by atoms with Gasteiger partial charge in [0.1, 0.15) is 12.5 Å². The lowest BCUT2D eigenvalue weighted by molar-refractivity contribution is 0.294. The highest BCUT2D eigenvalue weighted by atomic mass is 19.1. The summed E-state index contributed by atoms with van der Waals surface area (Å²) in [7, 11) is 1.78. The molecule has 88 valence electrons. The van der Waals surface area contributed by atoms with E-state index in [2.05, 4.69) is 15.3 Å². The van der Waals surface area contributed by atoms with Crippen molar-refractivity contribution in [3.05, 3.63) is 42.5 Å². The van der Waals surface area contributed by atoms with Crippen molar-refractivity contribution in [2.75, 3.05) is 13.8 Å². The van der Waals surface area contributed by atoms with E-state index in [1.807, 2.05) is 0 Å². The molecule has 1 heterocycles. The zero-order valence-electron chi connectivity index (χ0n) is 9.35. The topological polar surface area (TPSA) is 47.0 Å². The Labute approximate surface area is 98.5 Å². The maximum absolute atomic E-state index is 13.0. The van der Waals surface area contributed by atoms with E-state index in [4.69, 9.17) is 4.74 Å². The molecular formula is C12H12FN3O. The Morgan fingerprint density at radius 2 is 2.06 bits per heavy atom. The van der Waals surface area contributed by atoms with Crippen molar-refractivity contribution in [3.8, 4) is 17.1 Å². The standard InChI is InChI=1S/C12H12FN3O/c1-14-8-17-11-6-15-12(16-7-11)9-3-2-4-10(13)5-9/h2-7,14H,8H2,1H3. The van der Waals surface area contributed by atoms with Crippen molar-refractivity contribution < 1.29 is 9.13 Å².